The molecule has 1 N–H and O–H groups in total. The number of rotatable bonds is 2. The summed E-state index contributed by atoms with van der Waals surface area (Å²) >= 11 is 8.08. The monoisotopic (exact) mass is 400 g/mol. The summed E-state index contributed by atoms with van der Waals surface area (Å²) in [7, 11) is 0. The lowest BCUT2D eigenvalue weighted by Crippen LogP contribution is -1.90. The molecule has 2 aromatic carbocycles. The molecule has 0 aliphatic carbocycles. The van der Waals surface area contributed by atoms with Crippen molar-refractivity contribution >= 4 is 64.2 Å². The van der Waals surface area contributed by atoms with Crippen LogP contribution in [0.3, 0.4) is 0 Å². The van der Waals surface area contributed by atoms with Crippen LogP contribution < -0.4 is 5.32 Å². The van der Waals surface area contributed by atoms with E-state index in [9.17, 15) is 4.39 Å². The molecule has 0 radical (unpaired) electrons. The van der Waals surface area contributed by atoms with Crippen LogP contribution in [0.15, 0.2) is 45.3 Å². The van der Waals surface area contributed by atoms with Gasteiger partial charge >= 0.3 is 0 Å². The van der Waals surface area contributed by atoms with E-state index in [1.54, 1.807) is 12.1 Å². The van der Waals surface area contributed by atoms with Crippen molar-refractivity contribution in [3.63, 3.8) is 0 Å². The van der Waals surface area contributed by atoms with Crippen LogP contribution in [0.25, 0.3) is 10.2 Å². The average molecular weight is 402 g/mol. The fourth-order valence-electron chi connectivity index (χ4n) is 1.65. The first kappa shape index (κ1) is 13.0. The molecular weight excluding hydrogens is 395 g/mol. The number of aromatic nitrogens is 1. The van der Waals surface area contributed by atoms with Crippen LogP contribution in [0.4, 0.5) is 15.2 Å². The van der Waals surface area contributed by atoms with E-state index in [-0.39, 0.29) is 5.82 Å². The van der Waals surface area contributed by atoms with Crippen molar-refractivity contribution in [1.82, 2.24) is 4.98 Å². The molecule has 3 rings (SSSR count). The van der Waals surface area contributed by atoms with Crippen molar-refractivity contribution in [2.45, 2.75) is 0 Å². The number of hydrogen-bond acceptors (Lipinski definition) is 3. The van der Waals surface area contributed by atoms with Gasteiger partial charge in [0.05, 0.1) is 14.7 Å². The lowest BCUT2D eigenvalue weighted by Gasteiger charge is -2.02. The Morgan fingerprint density at radius 1 is 1.11 bits per heavy atom. The van der Waals surface area contributed by atoms with E-state index < -0.39 is 0 Å². The van der Waals surface area contributed by atoms with Gasteiger partial charge in [-0.1, -0.05) is 27.3 Å². The minimum absolute atomic E-state index is 0.297. The third kappa shape index (κ3) is 2.80. The number of fused-ring (bicyclic) bond motifs is 1. The van der Waals surface area contributed by atoms with Crippen LogP contribution >= 0.6 is 43.2 Å². The van der Waals surface area contributed by atoms with E-state index in [1.807, 2.05) is 18.2 Å². The van der Waals surface area contributed by atoms with Gasteiger partial charge in [0.15, 0.2) is 5.13 Å². The zero-order valence-electron chi connectivity index (χ0n) is 9.45. The molecule has 2 nitrogen and oxygen atoms in total. The number of nitrogens with zero attached hydrogens (tertiary/aromatic N) is 1. The van der Waals surface area contributed by atoms with Gasteiger partial charge in [0.2, 0.25) is 0 Å². The molecule has 3 aromatic rings. The standard InChI is InChI=1S/C13H7Br2FN2S/c14-7-1-4-12-11(5-7)18-13(19-12)17-8-2-3-9(15)10(16)6-8/h1-6H,(H,17,18). The summed E-state index contributed by atoms with van der Waals surface area (Å²) in [6, 6.07) is 10.8. The molecule has 0 saturated carbocycles. The van der Waals surface area contributed by atoms with Crippen molar-refractivity contribution in [3.8, 4) is 0 Å². The van der Waals surface area contributed by atoms with Crippen LogP contribution in [-0.2, 0) is 0 Å². The summed E-state index contributed by atoms with van der Waals surface area (Å²) in [5, 5.41) is 3.86. The normalized spacial score (nSPS) is 10.9. The smallest absolute Gasteiger partial charge is 0.188 e. The van der Waals surface area contributed by atoms with E-state index in [1.165, 1.54) is 17.4 Å². The van der Waals surface area contributed by atoms with Crippen LogP contribution in [0, 0.1) is 5.82 Å². The summed E-state index contributed by atoms with van der Waals surface area (Å²) < 4.78 is 16.0. The van der Waals surface area contributed by atoms with Crippen molar-refractivity contribution in [2.75, 3.05) is 5.32 Å². The SMILES string of the molecule is Fc1cc(Nc2nc3cc(Br)ccc3s2)ccc1Br. The molecule has 0 saturated heterocycles. The lowest BCUT2D eigenvalue weighted by molar-refractivity contribution is 0.622. The quantitative estimate of drug-likeness (QED) is 0.595. The van der Waals surface area contributed by atoms with Crippen molar-refractivity contribution in [2.24, 2.45) is 0 Å². The van der Waals surface area contributed by atoms with Crippen molar-refractivity contribution in [3.05, 3.63) is 51.2 Å². The van der Waals surface area contributed by atoms with E-state index in [4.69, 9.17) is 0 Å². The molecule has 0 aliphatic rings. The van der Waals surface area contributed by atoms with Crippen molar-refractivity contribution < 1.29 is 4.39 Å². The van der Waals surface area contributed by atoms with Gasteiger partial charge in [0, 0.05) is 10.2 Å². The van der Waals surface area contributed by atoms with Gasteiger partial charge in [-0.3, -0.25) is 0 Å². The summed E-state index contributed by atoms with van der Waals surface area (Å²) in [5.74, 6) is -0.297. The van der Waals surface area contributed by atoms with E-state index in [0.29, 0.717) is 10.2 Å². The second-order valence-corrected chi connectivity index (χ2v) is 6.69. The summed E-state index contributed by atoms with van der Waals surface area (Å²) in [4.78, 5) is 4.46. The molecule has 96 valence electrons. The number of thiazole rings is 1. The van der Waals surface area contributed by atoms with Gasteiger partial charge < -0.3 is 5.32 Å². The topological polar surface area (TPSA) is 24.9 Å². The highest BCUT2D eigenvalue weighted by atomic mass is 79.9. The predicted octanol–water partition coefficient (Wildman–Crippen LogP) is 5.70. The molecule has 0 amide bonds. The highest BCUT2D eigenvalue weighted by Gasteiger charge is 2.06. The third-order valence-corrected chi connectivity index (χ3v) is 4.61. The summed E-state index contributed by atoms with van der Waals surface area (Å²) in [6.07, 6.45) is 0. The van der Waals surface area contributed by atoms with Gasteiger partial charge in [-0.15, -0.1) is 0 Å². The van der Waals surface area contributed by atoms with Crippen LogP contribution in [0.2, 0.25) is 0 Å². The van der Waals surface area contributed by atoms with Gasteiger partial charge in [0.1, 0.15) is 5.82 Å². The highest BCUT2D eigenvalue weighted by Crippen LogP contribution is 2.30. The Hall–Kier alpha value is -0.980. The Morgan fingerprint density at radius 3 is 2.74 bits per heavy atom. The largest absolute Gasteiger partial charge is 0.331 e. The first-order valence-corrected chi connectivity index (χ1v) is 7.80. The molecule has 0 aliphatic heterocycles. The van der Waals surface area contributed by atoms with Gasteiger partial charge in [-0.25, -0.2) is 9.37 Å². The fourth-order valence-corrected chi connectivity index (χ4v) is 3.11. The molecule has 0 unspecified atom stereocenters. The Labute approximate surface area is 129 Å². The van der Waals surface area contributed by atoms with Crippen LogP contribution in [0.1, 0.15) is 0 Å². The maximum atomic E-state index is 13.4. The fraction of sp³-hybridized carbons (Fsp3) is 0. The predicted molar refractivity (Wildman–Crippen MR) is 84.7 cm³/mol. The molecule has 1 heterocycles. The number of benzene rings is 2. The molecule has 19 heavy (non-hydrogen) atoms. The van der Waals surface area contributed by atoms with E-state index in [0.717, 1.165) is 19.8 Å². The second-order valence-electron chi connectivity index (χ2n) is 3.88. The van der Waals surface area contributed by atoms with E-state index in [2.05, 4.69) is 42.2 Å². The molecule has 1 aromatic heterocycles. The van der Waals surface area contributed by atoms with Gasteiger partial charge in [-0.2, -0.15) is 0 Å². The first-order chi connectivity index (χ1) is 9.11. The lowest BCUT2D eigenvalue weighted by atomic mass is 10.3. The number of nitrogens with one attached hydrogen (secondary N) is 1. The number of halogens is 3. The van der Waals surface area contributed by atoms with E-state index >= 15 is 0 Å². The molecule has 0 bridgehead atoms. The minimum atomic E-state index is -0.297. The molecule has 6 heteroatoms. The Balaban J connectivity index is 1.94. The Bertz CT molecular complexity index is 757. The molecule has 0 atom stereocenters. The molecule has 0 fully saturated rings. The first-order valence-electron chi connectivity index (χ1n) is 5.40. The maximum Gasteiger partial charge on any atom is 0.188 e. The zero-order chi connectivity index (χ0) is 13.4. The van der Waals surface area contributed by atoms with Gasteiger partial charge in [0.25, 0.3) is 0 Å². The molecular formula is C13H7Br2FN2S. The Morgan fingerprint density at radius 2 is 1.95 bits per heavy atom. The summed E-state index contributed by atoms with van der Waals surface area (Å²) in [5.41, 5.74) is 1.60. The second kappa shape index (κ2) is 5.19. The van der Waals surface area contributed by atoms with Crippen LogP contribution in [0.5, 0.6) is 0 Å². The number of anilines is 2. The van der Waals surface area contributed by atoms with Crippen molar-refractivity contribution in [1.29, 1.82) is 0 Å². The number of hydrogen-bond donors (Lipinski definition) is 1. The van der Waals surface area contributed by atoms with Crippen LogP contribution in [-0.4, -0.2) is 4.98 Å². The zero-order valence-corrected chi connectivity index (χ0v) is 13.4. The minimum Gasteiger partial charge on any atom is -0.331 e. The maximum absolute atomic E-state index is 13.4. The highest BCUT2D eigenvalue weighted by molar-refractivity contribution is 9.10. The Kier molecular flexibility index (Phi) is 3.56. The third-order valence-electron chi connectivity index (χ3n) is 2.52. The summed E-state index contributed by atoms with van der Waals surface area (Å²) in [6.45, 7) is 0. The average Bonchev–Trinajstić information content (AvgIpc) is 2.75. The molecule has 0 spiro atoms. The van der Waals surface area contributed by atoms with Gasteiger partial charge in [-0.05, 0) is 52.3 Å².